The van der Waals surface area contributed by atoms with Crippen molar-refractivity contribution in [1.29, 1.82) is 0 Å². The summed E-state index contributed by atoms with van der Waals surface area (Å²) in [5.74, 6) is -0.655. The molecular weight excluding hydrogens is 294 g/mol. The first-order chi connectivity index (χ1) is 11.0. The third-order valence-corrected chi connectivity index (χ3v) is 4.70. The molecule has 0 unspecified atom stereocenters. The number of piperidine rings is 1. The fraction of sp³-hybridized carbons (Fsp3) is 0.333. The molecule has 1 fully saturated rings. The van der Waals surface area contributed by atoms with Gasteiger partial charge in [-0.3, -0.25) is 9.59 Å². The van der Waals surface area contributed by atoms with Crippen LogP contribution >= 0.6 is 0 Å². The summed E-state index contributed by atoms with van der Waals surface area (Å²) in [5.41, 5.74) is 0.679. The van der Waals surface area contributed by atoms with Crippen LogP contribution in [0.25, 0.3) is 0 Å². The Labute approximate surface area is 134 Å². The van der Waals surface area contributed by atoms with Crippen LogP contribution in [0.15, 0.2) is 47.1 Å². The molecule has 5 heteroatoms. The van der Waals surface area contributed by atoms with Gasteiger partial charge in [-0.1, -0.05) is 30.3 Å². The van der Waals surface area contributed by atoms with E-state index in [2.05, 4.69) is 0 Å². The molecule has 2 heterocycles. The molecule has 1 amide bonds. The zero-order chi connectivity index (χ0) is 16.4. The van der Waals surface area contributed by atoms with E-state index in [0.29, 0.717) is 31.7 Å². The minimum absolute atomic E-state index is 0.167. The molecule has 23 heavy (non-hydrogen) atoms. The Kier molecular flexibility index (Phi) is 3.94. The van der Waals surface area contributed by atoms with Gasteiger partial charge >= 0.3 is 5.97 Å². The van der Waals surface area contributed by atoms with Gasteiger partial charge in [-0.15, -0.1) is 0 Å². The Hall–Kier alpha value is -2.56. The lowest BCUT2D eigenvalue weighted by Gasteiger charge is -2.39. The van der Waals surface area contributed by atoms with Crippen LogP contribution in [0.1, 0.15) is 34.5 Å². The van der Waals surface area contributed by atoms with Crippen molar-refractivity contribution in [2.45, 2.75) is 25.2 Å². The van der Waals surface area contributed by atoms with Crippen LogP contribution in [0.3, 0.4) is 0 Å². The highest BCUT2D eigenvalue weighted by Crippen LogP contribution is 2.36. The molecule has 0 spiro atoms. The van der Waals surface area contributed by atoms with Crippen molar-refractivity contribution in [2.24, 2.45) is 0 Å². The Morgan fingerprint density at radius 2 is 1.78 bits per heavy atom. The molecule has 5 nitrogen and oxygen atoms in total. The van der Waals surface area contributed by atoms with Gasteiger partial charge in [0.25, 0.3) is 5.91 Å². The third-order valence-electron chi connectivity index (χ3n) is 4.70. The summed E-state index contributed by atoms with van der Waals surface area (Å²) < 4.78 is 5.26. The lowest BCUT2D eigenvalue weighted by Crippen LogP contribution is -2.49. The number of rotatable bonds is 3. The highest BCUT2D eigenvalue weighted by Gasteiger charge is 2.44. The van der Waals surface area contributed by atoms with Crippen LogP contribution in [0.4, 0.5) is 0 Å². The SMILES string of the molecule is Cc1ccoc1C(=O)N1CCC(C(=O)O)(c2ccccc2)CC1. The molecule has 0 saturated carbocycles. The van der Waals surface area contributed by atoms with E-state index in [1.165, 1.54) is 6.26 Å². The van der Waals surface area contributed by atoms with E-state index in [0.717, 1.165) is 11.1 Å². The zero-order valence-corrected chi connectivity index (χ0v) is 13.0. The van der Waals surface area contributed by atoms with Crippen LogP contribution in [0.5, 0.6) is 0 Å². The molecule has 120 valence electrons. The first-order valence-electron chi connectivity index (χ1n) is 7.67. The Morgan fingerprint density at radius 3 is 2.30 bits per heavy atom. The summed E-state index contributed by atoms with van der Waals surface area (Å²) in [6.45, 7) is 2.63. The summed E-state index contributed by atoms with van der Waals surface area (Å²) in [7, 11) is 0. The van der Waals surface area contributed by atoms with Gasteiger partial charge in [0.05, 0.1) is 11.7 Å². The highest BCUT2D eigenvalue weighted by molar-refractivity contribution is 5.93. The molecule has 1 N–H and O–H groups in total. The van der Waals surface area contributed by atoms with Crippen LogP contribution in [-0.4, -0.2) is 35.0 Å². The standard InChI is InChI=1S/C18H19NO4/c1-13-7-12-23-15(13)16(20)19-10-8-18(9-11-19,17(21)22)14-5-3-2-4-6-14/h2-7,12H,8-11H2,1H3,(H,21,22). The molecule has 0 bridgehead atoms. The number of amides is 1. The summed E-state index contributed by atoms with van der Waals surface area (Å²) >= 11 is 0. The summed E-state index contributed by atoms with van der Waals surface area (Å²) in [4.78, 5) is 26.1. The number of hydrogen-bond acceptors (Lipinski definition) is 3. The molecule has 1 aliphatic heterocycles. The van der Waals surface area contributed by atoms with E-state index in [1.54, 1.807) is 11.0 Å². The van der Waals surface area contributed by atoms with Crippen molar-refractivity contribution in [1.82, 2.24) is 4.90 Å². The average Bonchev–Trinajstić information content (AvgIpc) is 3.01. The predicted molar refractivity (Wildman–Crippen MR) is 84.3 cm³/mol. The Morgan fingerprint density at radius 1 is 1.13 bits per heavy atom. The van der Waals surface area contributed by atoms with E-state index in [1.807, 2.05) is 37.3 Å². The van der Waals surface area contributed by atoms with Gasteiger partial charge in [-0.25, -0.2) is 0 Å². The molecule has 1 aromatic heterocycles. The van der Waals surface area contributed by atoms with Crippen LogP contribution in [0.2, 0.25) is 0 Å². The minimum Gasteiger partial charge on any atom is -0.481 e. The largest absolute Gasteiger partial charge is 0.481 e. The molecule has 1 aromatic carbocycles. The van der Waals surface area contributed by atoms with Gasteiger partial charge in [0.15, 0.2) is 5.76 Å². The molecule has 0 aliphatic carbocycles. The fourth-order valence-electron chi connectivity index (χ4n) is 3.21. The smallest absolute Gasteiger partial charge is 0.314 e. The van der Waals surface area contributed by atoms with E-state index < -0.39 is 11.4 Å². The molecule has 0 atom stereocenters. The quantitative estimate of drug-likeness (QED) is 0.946. The molecule has 1 saturated heterocycles. The van der Waals surface area contributed by atoms with Crippen molar-refractivity contribution >= 4 is 11.9 Å². The average molecular weight is 313 g/mol. The van der Waals surface area contributed by atoms with Crippen molar-refractivity contribution < 1.29 is 19.1 Å². The predicted octanol–water partition coefficient (Wildman–Crippen LogP) is 2.85. The number of likely N-dealkylation sites (tertiary alicyclic amines) is 1. The number of carboxylic acids is 1. The maximum absolute atomic E-state index is 12.5. The van der Waals surface area contributed by atoms with Crippen molar-refractivity contribution in [3.8, 4) is 0 Å². The lowest BCUT2D eigenvalue weighted by molar-refractivity contribution is -0.145. The van der Waals surface area contributed by atoms with E-state index >= 15 is 0 Å². The number of carbonyl (C=O) groups is 2. The number of benzene rings is 1. The Bertz CT molecular complexity index is 712. The zero-order valence-electron chi connectivity index (χ0n) is 13.0. The van der Waals surface area contributed by atoms with Gasteiger partial charge in [-0.05, 0) is 31.4 Å². The van der Waals surface area contributed by atoms with Gasteiger partial charge in [0.1, 0.15) is 0 Å². The van der Waals surface area contributed by atoms with E-state index in [-0.39, 0.29) is 5.91 Å². The molecule has 3 rings (SSSR count). The van der Waals surface area contributed by atoms with Crippen LogP contribution < -0.4 is 0 Å². The minimum atomic E-state index is -0.920. The van der Waals surface area contributed by atoms with Crippen molar-refractivity contribution in [2.75, 3.05) is 13.1 Å². The normalized spacial score (nSPS) is 17.0. The summed E-state index contributed by atoms with van der Waals surface area (Å²) in [5, 5.41) is 9.77. The number of hydrogen-bond donors (Lipinski definition) is 1. The third kappa shape index (κ3) is 2.63. The maximum Gasteiger partial charge on any atom is 0.314 e. The first kappa shape index (κ1) is 15.3. The first-order valence-corrected chi connectivity index (χ1v) is 7.67. The number of carbonyl (C=O) groups excluding carboxylic acids is 1. The number of nitrogens with zero attached hydrogens (tertiary/aromatic N) is 1. The summed E-state index contributed by atoms with van der Waals surface area (Å²) in [6.07, 6.45) is 2.30. The van der Waals surface area contributed by atoms with E-state index in [9.17, 15) is 14.7 Å². The van der Waals surface area contributed by atoms with Crippen LogP contribution in [-0.2, 0) is 10.2 Å². The molecular formula is C18H19NO4. The monoisotopic (exact) mass is 313 g/mol. The van der Waals surface area contributed by atoms with E-state index in [4.69, 9.17) is 4.42 Å². The van der Waals surface area contributed by atoms with Gasteiger partial charge in [-0.2, -0.15) is 0 Å². The molecule has 2 aromatic rings. The fourth-order valence-corrected chi connectivity index (χ4v) is 3.21. The lowest BCUT2D eigenvalue weighted by atomic mass is 9.73. The number of aryl methyl sites for hydroxylation is 1. The number of carboxylic acid groups (broad SMARTS) is 1. The Balaban J connectivity index is 1.80. The molecule has 1 aliphatic rings. The maximum atomic E-state index is 12.5. The van der Waals surface area contributed by atoms with Crippen molar-refractivity contribution in [3.05, 3.63) is 59.5 Å². The second kappa shape index (κ2) is 5.91. The van der Waals surface area contributed by atoms with Crippen molar-refractivity contribution in [3.63, 3.8) is 0 Å². The highest BCUT2D eigenvalue weighted by atomic mass is 16.4. The molecule has 0 radical (unpaired) electrons. The summed E-state index contributed by atoms with van der Waals surface area (Å²) in [6, 6.07) is 11.0. The van der Waals surface area contributed by atoms with Crippen LogP contribution in [0, 0.1) is 6.92 Å². The van der Waals surface area contributed by atoms with Gasteiger partial charge in [0, 0.05) is 18.7 Å². The second-order valence-electron chi connectivity index (χ2n) is 5.98. The number of aliphatic carboxylic acids is 1. The second-order valence-corrected chi connectivity index (χ2v) is 5.98. The van der Waals surface area contributed by atoms with Gasteiger partial charge < -0.3 is 14.4 Å². The van der Waals surface area contributed by atoms with Gasteiger partial charge in [0.2, 0.25) is 0 Å². The number of furan rings is 1. The topological polar surface area (TPSA) is 70.8 Å².